The monoisotopic (exact) mass is 1360 g/mol. The maximum Gasteiger partial charge on any atom is 0.328 e. The van der Waals surface area contributed by atoms with Crippen molar-refractivity contribution in [1.82, 2.24) is 65.5 Å². The van der Waals surface area contributed by atoms with Crippen LogP contribution in [-0.4, -0.2) is 149 Å². The van der Waals surface area contributed by atoms with Gasteiger partial charge in [0.05, 0.1) is 48.0 Å². The number of nitrogens with two attached hydrogens (primary N) is 5. The minimum atomic E-state index is -2.18. The number of primary amides is 1. The summed E-state index contributed by atoms with van der Waals surface area (Å²) in [6, 6.07) is 7.65. The second-order valence-electron chi connectivity index (χ2n) is 23.5. The first-order chi connectivity index (χ1) is 46.1. The number of amides is 8. The molecule has 97 heavy (non-hydrogen) atoms. The Morgan fingerprint density at radius 1 is 0.588 bits per heavy atom. The summed E-state index contributed by atoms with van der Waals surface area (Å²) in [4.78, 5) is 213. The number of halogens is 1. The van der Waals surface area contributed by atoms with Crippen molar-refractivity contribution in [2.45, 2.75) is 140 Å². The van der Waals surface area contributed by atoms with Crippen LogP contribution in [-0.2, 0) is 64.5 Å². The summed E-state index contributed by atoms with van der Waals surface area (Å²) in [5, 5.41) is 15.4. The SMILES string of the molecule is CC(=O)N[C@@H](CCCN=C(N)N)C(=O)N(CC(=O)N[C@@H](CC1CCCCC1)C(=O)N[C@@H](Cn1c(=O)[nH]c2ccccc2c1=O)C(=O)N[C@@H](Cn1c(=O)[nH]c2ccccc2c1=O)C(=O)N[C@@H](Cn1cc(C)c(=O)[nH]c1=O)C(=O)N[C@@H](CCCN=C(N)N)C(N)=O)Cc1cccc(Cl)c1. The maximum atomic E-state index is 15.5. The number of aryl methyl sites for hydroxylation is 1. The molecule has 34 nitrogen and oxygen atoms in total. The predicted octanol–water partition coefficient (Wildman–Crippen LogP) is -3.57. The molecule has 0 radical (unpaired) electrons. The number of benzene rings is 3. The predicted molar refractivity (Wildman–Crippen MR) is 358 cm³/mol. The van der Waals surface area contributed by atoms with E-state index in [0.29, 0.717) is 32.6 Å². The van der Waals surface area contributed by atoms with Gasteiger partial charge in [-0.15, -0.1) is 0 Å². The summed E-state index contributed by atoms with van der Waals surface area (Å²) in [6.07, 6.45) is 4.76. The smallest absolute Gasteiger partial charge is 0.328 e. The number of fused-ring (bicyclic) bond motifs is 2. The van der Waals surface area contributed by atoms with Crippen LogP contribution in [0.2, 0.25) is 5.02 Å². The number of rotatable bonds is 32. The lowest BCUT2D eigenvalue weighted by Gasteiger charge is -2.31. The molecule has 7 rings (SSSR count). The van der Waals surface area contributed by atoms with Crippen LogP contribution in [0.5, 0.6) is 0 Å². The van der Waals surface area contributed by atoms with Crippen molar-refractivity contribution in [3.05, 3.63) is 158 Å². The zero-order valence-corrected chi connectivity index (χ0v) is 54.0. The van der Waals surface area contributed by atoms with Crippen LogP contribution in [0.25, 0.3) is 21.8 Å². The summed E-state index contributed by atoms with van der Waals surface area (Å²) < 4.78 is 1.98. The molecule has 3 aromatic carbocycles. The number of carbonyl (C=O) groups excluding carboxylic acids is 8. The molecule has 0 unspecified atom stereocenters. The van der Waals surface area contributed by atoms with Crippen LogP contribution in [0.1, 0.15) is 82.3 Å². The molecule has 8 amide bonds. The van der Waals surface area contributed by atoms with Gasteiger partial charge in [-0.3, -0.25) is 81.4 Å². The first-order valence-corrected chi connectivity index (χ1v) is 31.5. The van der Waals surface area contributed by atoms with Crippen LogP contribution in [0.4, 0.5) is 0 Å². The molecular formula is C62H79ClN20O14. The van der Waals surface area contributed by atoms with E-state index in [1.807, 2.05) is 0 Å². The summed E-state index contributed by atoms with van der Waals surface area (Å²) in [5.74, 6) is -8.89. The third kappa shape index (κ3) is 20.9. The van der Waals surface area contributed by atoms with Gasteiger partial charge in [-0.05, 0) is 86.9 Å². The Kier molecular flexibility index (Phi) is 25.9. The van der Waals surface area contributed by atoms with E-state index in [0.717, 1.165) is 34.9 Å². The summed E-state index contributed by atoms with van der Waals surface area (Å²) >= 11 is 6.35. The van der Waals surface area contributed by atoms with E-state index in [9.17, 15) is 52.7 Å². The van der Waals surface area contributed by atoms with E-state index < -0.39 is 143 Å². The van der Waals surface area contributed by atoms with Gasteiger partial charge in [0, 0.05) is 43.3 Å². The van der Waals surface area contributed by atoms with Gasteiger partial charge < -0.3 is 75.4 Å². The molecule has 3 heterocycles. The molecular weight excluding hydrogens is 1280 g/mol. The largest absolute Gasteiger partial charge is 0.370 e. The molecule has 1 aliphatic rings. The molecule has 6 atom stereocenters. The molecule has 3 aromatic heterocycles. The number of carbonyl (C=O) groups is 8. The Balaban J connectivity index is 1.30. The van der Waals surface area contributed by atoms with Crippen LogP contribution in [0.3, 0.4) is 0 Å². The first kappa shape index (κ1) is 73.2. The number of aliphatic imine (C=N–C) groups is 2. The molecule has 6 aromatic rings. The molecule has 0 aliphatic heterocycles. The van der Waals surface area contributed by atoms with Crippen molar-refractivity contribution in [2.24, 2.45) is 44.6 Å². The molecule has 1 fully saturated rings. The highest BCUT2D eigenvalue weighted by Crippen LogP contribution is 2.28. The number of aromatic nitrogens is 6. The molecule has 1 saturated carbocycles. The maximum absolute atomic E-state index is 15.5. The Morgan fingerprint density at radius 3 is 1.59 bits per heavy atom. The summed E-state index contributed by atoms with van der Waals surface area (Å²) in [5.41, 5.74) is 22.3. The number of para-hydroxylation sites is 2. The molecule has 0 saturated heterocycles. The van der Waals surface area contributed by atoms with Gasteiger partial charge in [0.2, 0.25) is 47.3 Å². The highest BCUT2D eigenvalue weighted by Gasteiger charge is 2.36. The Hall–Kier alpha value is -11.2. The standard InChI is InChI=1S/C62H79ClN20O14/c1-33-27-81(60(95)79-50(33)87)29-45(52(89)73-42(49(64)86)21-11-23-69-58(65)66)74-53(90)47(31-83-56(93)39-18-7-9-20-41(39)78-62(83)97)76-54(91)46(30-82-55(92)38-17-6-8-19-40(38)77-61(82)96)75-51(88)44(26-35-13-4-3-5-14-35)72-48(85)32-80(28-36-15-10-16-37(63)25-36)57(94)43(71-34(2)84)22-12-24-70-59(67)68/h6-10,15-20,25,27,35,42-47H,3-5,11-14,21-24,26,28-32H2,1-2H3,(H2,64,86)(H,71,84)(H,72,85)(H,73,89)(H,74,90)(H,75,88)(H,76,91)(H,77,96)(H,78,97)(H4,65,66,69)(H4,67,68,70)(H,79,87,95)/t42-,43-,44-,45-,46-,47-/m0/s1. The normalized spacial score (nSPS) is 14.1. The Bertz CT molecular complexity index is 4350. The Morgan fingerprint density at radius 2 is 1.08 bits per heavy atom. The molecule has 35 heteroatoms. The van der Waals surface area contributed by atoms with E-state index in [4.69, 9.17) is 40.3 Å². The number of guanidine groups is 2. The topological polar surface area (TPSA) is 531 Å². The molecule has 0 spiro atoms. The van der Waals surface area contributed by atoms with Gasteiger partial charge in [-0.1, -0.05) is 80.1 Å². The van der Waals surface area contributed by atoms with E-state index >= 15 is 14.4 Å². The summed E-state index contributed by atoms with van der Waals surface area (Å²) in [7, 11) is 0. The quantitative estimate of drug-likeness (QED) is 0.0110. The summed E-state index contributed by atoms with van der Waals surface area (Å²) in [6.45, 7) is -1.19. The molecule has 518 valence electrons. The van der Waals surface area contributed by atoms with Crippen molar-refractivity contribution in [2.75, 3.05) is 19.6 Å². The average Bonchev–Trinajstić information content (AvgIpc) is 0.799. The number of nitrogens with zero attached hydrogens (tertiary/aromatic N) is 6. The highest BCUT2D eigenvalue weighted by molar-refractivity contribution is 6.30. The second kappa shape index (κ2) is 34.3. The number of H-pyrrole nitrogens is 3. The second-order valence-corrected chi connectivity index (χ2v) is 23.9. The van der Waals surface area contributed by atoms with Gasteiger partial charge in [0.15, 0.2) is 11.9 Å². The van der Waals surface area contributed by atoms with Gasteiger partial charge >= 0.3 is 17.1 Å². The fourth-order valence-electron chi connectivity index (χ4n) is 11.2. The van der Waals surface area contributed by atoms with Crippen molar-refractivity contribution in [3.63, 3.8) is 0 Å². The molecule has 0 bridgehead atoms. The van der Waals surface area contributed by atoms with Gasteiger partial charge in [0.1, 0.15) is 36.3 Å². The zero-order valence-electron chi connectivity index (χ0n) is 53.2. The minimum absolute atomic E-state index is 0.00988. The minimum Gasteiger partial charge on any atom is -0.370 e. The number of aromatic amines is 3. The van der Waals surface area contributed by atoms with Crippen molar-refractivity contribution in [1.29, 1.82) is 0 Å². The van der Waals surface area contributed by atoms with Crippen molar-refractivity contribution < 1.29 is 38.4 Å². The molecule has 19 N–H and O–H groups in total. The van der Waals surface area contributed by atoms with E-state index in [1.165, 1.54) is 56.3 Å². The Labute approximate surface area is 556 Å². The number of hydrogen-bond donors (Lipinski definition) is 14. The third-order valence-electron chi connectivity index (χ3n) is 16.1. The highest BCUT2D eigenvalue weighted by atomic mass is 35.5. The fourth-order valence-corrected chi connectivity index (χ4v) is 11.4. The van der Waals surface area contributed by atoms with Gasteiger partial charge in [0.25, 0.3) is 16.7 Å². The van der Waals surface area contributed by atoms with E-state index in [1.54, 1.807) is 30.3 Å². The lowest BCUT2D eigenvalue weighted by molar-refractivity contribution is -0.140. The van der Waals surface area contributed by atoms with Gasteiger partial charge in [-0.25, -0.2) is 14.4 Å². The lowest BCUT2D eigenvalue weighted by atomic mass is 9.84. The van der Waals surface area contributed by atoms with Crippen LogP contribution in [0.15, 0.2) is 118 Å². The van der Waals surface area contributed by atoms with Crippen molar-refractivity contribution in [3.8, 4) is 0 Å². The number of nitrogens with one attached hydrogen (secondary N) is 9. The fraction of sp³-hybridized carbons (Fsp3) is 0.419. The van der Waals surface area contributed by atoms with Gasteiger partial charge in [-0.2, -0.15) is 0 Å². The van der Waals surface area contributed by atoms with Crippen LogP contribution >= 0.6 is 11.6 Å². The lowest BCUT2D eigenvalue weighted by Crippen LogP contribution is -2.62. The first-order valence-electron chi connectivity index (χ1n) is 31.1. The van der Waals surface area contributed by atoms with E-state index in [-0.39, 0.29) is 96.9 Å². The number of hydrogen-bond acceptors (Lipinski definition) is 16. The van der Waals surface area contributed by atoms with Crippen molar-refractivity contribution >= 4 is 92.6 Å². The zero-order chi connectivity index (χ0) is 70.6. The molecule has 1 aliphatic carbocycles. The van der Waals surface area contributed by atoms with Crippen LogP contribution in [0, 0.1) is 12.8 Å². The van der Waals surface area contributed by atoms with E-state index in [2.05, 4.69) is 56.8 Å². The van der Waals surface area contributed by atoms with Crippen LogP contribution < -0.4 is 94.3 Å². The average molecular weight is 1360 g/mol. The third-order valence-corrected chi connectivity index (χ3v) is 16.3.